The summed E-state index contributed by atoms with van der Waals surface area (Å²) in [7, 11) is -9.52. The summed E-state index contributed by atoms with van der Waals surface area (Å²) in [6.07, 6.45) is 0. The molecule has 0 aliphatic heterocycles. The van der Waals surface area contributed by atoms with Gasteiger partial charge in [-0.1, -0.05) is 0 Å². The minimum absolute atomic E-state index is 0. The van der Waals surface area contributed by atoms with Gasteiger partial charge < -0.3 is 39.6 Å². The summed E-state index contributed by atoms with van der Waals surface area (Å²) >= 11 is 0. The van der Waals surface area contributed by atoms with Crippen molar-refractivity contribution in [3.05, 3.63) is 56.6 Å². The molecule has 0 aliphatic carbocycles. The molecule has 0 saturated heterocycles. The molecule has 2 N–H and O–H groups in total. The maximum Gasteiger partial charge on any atom is 2.00 e. The summed E-state index contributed by atoms with van der Waals surface area (Å²) in [6, 6.07) is 1.48. The van der Waals surface area contributed by atoms with Crippen LogP contribution in [0.25, 0.3) is 0 Å². The van der Waals surface area contributed by atoms with Crippen molar-refractivity contribution >= 4 is 120 Å². The molecule has 0 unspecified atom stereocenters. The van der Waals surface area contributed by atoms with E-state index in [9.17, 15) is 56.4 Å². The van der Waals surface area contributed by atoms with Crippen LogP contribution >= 0.6 is 0 Å². The summed E-state index contributed by atoms with van der Waals surface area (Å²) < 4.78 is 62.6. The quantitative estimate of drug-likeness (QED) is 0.228. The van der Waals surface area contributed by atoms with Crippen molar-refractivity contribution in [3.63, 3.8) is 0 Å². The molecule has 0 aromatic heterocycles. The van der Waals surface area contributed by atoms with Gasteiger partial charge in [-0.25, -0.2) is 0 Å². The van der Waals surface area contributed by atoms with Crippen molar-refractivity contribution in [1.29, 1.82) is 0 Å². The molecule has 14 nitrogen and oxygen atoms in total. The van der Waals surface area contributed by atoms with Gasteiger partial charge in [-0.05, 0) is 62.1 Å². The van der Waals surface area contributed by atoms with E-state index in [-0.39, 0.29) is 97.7 Å². The fourth-order valence-electron chi connectivity index (χ4n) is 3.40. The number of benzene rings is 2. The van der Waals surface area contributed by atoms with Crippen molar-refractivity contribution < 1.29 is 65.5 Å². The Morgan fingerprint density at radius 2 is 0.684 bits per heavy atom. The monoisotopic (exact) mass is 624 g/mol. The molecule has 0 heterocycles. The molecule has 2 aromatic carbocycles. The largest absolute Gasteiger partial charge is 2.00 e. The molecule has 2 rings (SSSR count). The Bertz CT molecular complexity index is 1340. The number of carbonyl (C=O) groups is 4. The standard InChI is InChI=1S/2C10H10O7S.2Ca/c2*1-4-6(9(11)12)3-7(10(13)14)5(2)8(4)18(15,16)17;;/h2*3H,1-2H3,(H,11,12)(H,13,14)(H,15,16,17);;/q;;2*+2/p-4. The number of hydrogen-bond acceptors (Lipinski definition) is 12. The van der Waals surface area contributed by atoms with Crippen molar-refractivity contribution in [2.45, 2.75) is 37.5 Å². The molecule has 18 heteroatoms. The van der Waals surface area contributed by atoms with E-state index in [0.717, 1.165) is 39.8 Å². The molecular weight excluding hydrogens is 608 g/mol. The molecular formula is C20H16Ca2O14S2. The second-order valence-corrected chi connectivity index (χ2v) is 9.92. The van der Waals surface area contributed by atoms with Crippen LogP contribution in [0.4, 0.5) is 0 Å². The first-order valence-corrected chi connectivity index (χ1v) is 12.1. The average Bonchev–Trinajstić information content (AvgIpc) is 2.65. The van der Waals surface area contributed by atoms with E-state index in [1.54, 1.807) is 0 Å². The first-order chi connectivity index (χ1) is 16.1. The second kappa shape index (κ2) is 14.3. The Labute approximate surface area is 276 Å². The normalized spacial score (nSPS) is 10.7. The minimum atomic E-state index is -4.76. The summed E-state index contributed by atoms with van der Waals surface area (Å²) in [5, 5.41) is 43.1. The first kappa shape index (κ1) is 38.8. The topological polar surface area (TPSA) is 269 Å². The zero-order valence-electron chi connectivity index (χ0n) is 20.2. The Hall–Kier alpha value is -1.34. The van der Waals surface area contributed by atoms with E-state index in [1.165, 1.54) is 0 Å². The smallest absolute Gasteiger partial charge is 0.545 e. The van der Waals surface area contributed by atoms with Crippen LogP contribution in [0, 0.1) is 27.7 Å². The number of aromatic carboxylic acids is 4. The SMILES string of the molecule is Cc1c(C(=O)[O-])cc(C(=O)[O-])c(C)c1S(=O)(=O)O.Cc1c(C(=O)[O-])cc(C(=O)[O-])c(C)c1S(=O)(=O)O.[Ca+2].[Ca+2]. The zero-order valence-corrected chi connectivity index (χ0v) is 26.2. The number of rotatable bonds is 6. The number of carboxylic acid groups (broad SMARTS) is 4. The molecule has 0 saturated carbocycles. The summed E-state index contributed by atoms with van der Waals surface area (Å²) in [4.78, 5) is 41.6. The predicted octanol–water partition coefficient (Wildman–Crippen LogP) is -4.21. The molecule has 0 spiro atoms. The van der Waals surface area contributed by atoms with Gasteiger partial charge in [0, 0.05) is 22.3 Å². The molecule has 38 heavy (non-hydrogen) atoms. The van der Waals surface area contributed by atoms with Gasteiger partial charge in [0.1, 0.15) is 9.79 Å². The van der Waals surface area contributed by atoms with Gasteiger partial charge in [-0.3, -0.25) is 9.11 Å². The Morgan fingerprint density at radius 3 is 0.789 bits per heavy atom. The molecule has 0 bridgehead atoms. The van der Waals surface area contributed by atoms with Gasteiger partial charge >= 0.3 is 75.5 Å². The van der Waals surface area contributed by atoms with Gasteiger partial charge in [0.25, 0.3) is 20.2 Å². The fraction of sp³-hybridized carbons (Fsp3) is 0.200. The van der Waals surface area contributed by atoms with Crippen LogP contribution in [-0.4, -0.2) is 125 Å². The van der Waals surface area contributed by atoms with E-state index in [0.29, 0.717) is 0 Å². The van der Waals surface area contributed by atoms with Gasteiger partial charge in [-0.2, -0.15) is 16.8 Å². The third kappa shape index (κ3) is 8.84. The summed E-state index contributed by atoms with van der Waals surface area (Å²) in [5.74, 6) is -7.00. The minimum Gasteiger partial charge on any atom is -0.545 e. The summed E-state index contributed by atoms with van der Waals surface area (Å²) in [6.45, 7) is 4.50. The maximum absolute atomic E-state index is 11.2. The third-order valence-electron chi connectivity index (χ3n) is 4.95. The summed E-state index contributed by atoms with van der Waals surface area (Å²) in [5.41, 5.74) is -3.69. The van der Waals surface area contributed by atoms with Gasteiger partial charge in [0.15, 0.2) is 0 Å². The molecule has 0 atom stereocenters. The third-order valence-corrected chi connectivity index (χ3v) is 7.21. The number of hydrogen-bond donors (Lipinski definition) is 2. The number of carbonyl (C=O) groups excluding carboxylic acids is 4. The van der Waals surface area contributed by atoms with E-state index >= 15 is 0 Å². The molecule has 0 fully saturated rings. The average molecular weight is 625 g/mol. The fourth-order valence-corrected chi connectivity index (χ4v) is 5.38. The van der Waals surface area contributed by atoms with Gasteiger partial charge in [-0.15, -0.1) is 0 Å². The van der Waals surface area contributed by atoms with Crippen LogP contribution in [0.1, 0.15) is 63.7 Å². The van der Waals surface area contributed by atoms with Crippen LogP contribution < -0.4 is 20.4 Å². The van der Waals surface area contributed by atoms with Crippen LogP contribution in [0.3, 0.4) is 0 Å². The zero-order chi connectivity index (χ0) is 28.5. The van der Waals surface area contributed by atoms with E-state index < -0.39 is 76.2 Å². The number of carboxylic acids is 4. The Morgan fingerprint density at radius 1 is 0.526 bits per heavy atom. The maximum atomic E-state index is 11.2. The molecule has 2 aromatic rings. The van der Waals surface area contributed by atoms with E-state index in [4.69, 9.17) is 9.11 Å². The van der Waals surface area contributed by atoms with Crippen LogP contribution in [0.5, 0.6) is 0 Å². The predicted molar refractivity (Wildman–Crippen MR) is 120 cm³/mol. The van der Waals surface area contributed by atoms with E-state index in [2.05, 4.69) is 0 Å². The van der Waals surface area contributed by atoms with Crippen molar-refractivity contribution in [2.75, 3.05) is 0 Å². The first-order valence-electron chi connectivity index (χ1n) is 9.23. The molecule has 0 radical (unpaired) electrons. The van der Waals surface area contributed by atoms with Crippen molar-refractivity contribution in [2.24, 2.45) is 0 Å². The van der Waals surface area contributed by atoms with E-state index in [1.807, 2.05) is 0 Å². The van der Waals surface area contributed by atoms with Gasteiger partial charge in [0.05, 0.1) is 23.9 Å². The second-order valence-electron chi connectivity index (χ2n) is 7.20. The van der Waals surface area contributed by atoms with Crippen molar-refractivity contribution in [1.82, 2.24) is 0 Å². The van der Waals surface area contributed by atoms with Crippen LogP contribution in [-0.2, 0) is 20.2 Å². The Balaban J connectivity index is 0. The molecule has 0 amide bonds. The molecule has 0 aliphatic rings. The van der Waals surface area contributed by atoms with Crippen LogP contribution in [0.2, 0.25) is 0 Å². The van der Waals surface area contributed by atoms with Crippen LogP contribution in [0.15, 0.2) is 21.9 Å². The van der Waals surface area contributed by atoms with Gasteiger partial charge in [0.2, 0.25) is 0 Å². The molecule has 196 valence electrons. The Kier molecular flexibility index (Phi) is 14.6. The van der Waals surface area contributed by atoms with Crippen molar-refractivity contribution in [3.8, 4) is 0 Å².